The number of rotatable bonds is 8. The highest BCUT2D eigenvalue weighted by Crippen LogP contribution is 2.45. The maximum absolute atomic E-state index is 14.9. The second-order valence-electron chi connectivity index (χ2n) is 13.1. The summed E-state index contributed by atoms with van der Waals surface area (Å²) in [6.07, 6.45) is -1.19. The van der Waals surface area contributed by atoms with Crippen molar-refractivity contribution in [2.45, 2.75) is 13.1 Å². The van der Waals surface area contributed by atoms with Gasteiger partial charge in [-0.1, -0.05) is 109 Å². The van der Waals surface area contributed by atoms with Crippen LogP contribution in [0.4, 0.5) is 30.2 Å². The Labute approximate surface area is 312 Å². The molecule has 0 aliphatic rings. The summed E-state index contributed by atoms with van der Waals surface area (Å²) >= 11 is 0. The fraction of sp³-hybridized carbons (Fsp3) is 0.0417. The van der Waals surface area contributed by atoms with Gasteiger partial charge in [-0.05, 0) is 107 Å². The molecular formula is C48H34F3N3. The van der Waals surface area contributed by atoms with Crippen LogP contribution in [0.25, 0.3) is 55.9 Å². The number of hydrogen-bond acceptors (Lipinski definition) is 3. The van der Waals surface area contributed by atoms with Gasteiger partial charge in [-0.3, -0.25) is 9.97 Å². The molecule has 3 nitrogen and oxygen atoms in total. The molecule has 0 saturated carbocycles. The van der Waals surface area contributed by atoms with Crippen LogP contribution in [0.15, 0.2) is 188 Å². The van der Waals surface area contributed by atoms with Crippen molar-refractivity contribution in [2.24, 2.45) is 0 Å². The summed E-state index contributed by atoms with van der Waals surface area (Å²) < 4.78 is 44.7. The molecule has 0 bridgehead atoms. The molecule has 8 aromatic rings. The zero-order chi connectivity index (χ0) is 37.1. The normalized spacial score (nSPS) is 11.3. The third-order valence-corrected chi connectivity index (χ3v) is 9.38. The van der Waals surface area contributed by atoms with Crippen molar-refractivity contribution in [1.82, 2.24) is 9.97 Å². The lowest BCUT2D eigenvalue weighted by Crippen LogP contribution is -2.14. The molecule has 262 valence electrons. The van der Waals surface area contributed by atoms with Crippen LogP contribution in [0.1, 0.15) is 11.1 Å². The lowest BCUT2D eigenvalue weighted by Gasteiger charge is -2.30. The molecule has 0 saturated heterocycles. The number of nitrogens with zero attached hydrogens (tertiary/aromatic N) is 3. The molecule has 0 radical (unpaired) electrons. The molecule has 2 aromatic heterocycles. The van der Waals surface area contributed by atoms with Crippen molar-refractivity contribution in [1.29, 1.82) is 0 Å². The van der Waals surface area contributed by atoms with Gasteiger partial charge in [0.2, 0.25) is 0 Å². The molecule has 0 fully saturated rings. The van der Waals surface area contributed by atoms with Crippen LogP contribution in [0.2, 0.25) is 0 Å². The van der Waals surface area contributed by atoms with Gasteiger partial charge in [0.15, 0.2) is 0 Å². The first-order chi connectivity index (χ1) is 26.3. The van der Waals surface area contributed by atoms with E-state index in [1.54, 1.807) is 18.5 Å². The second-order valence-corrected chi connectivity index (χ2v) is 13.1. The highest BCUT2D eigenvalue weighted by atomic mass is 19.4. The Morgan fingerprint density at radius 2 is 0.907 bits per heavy atom. The maximum atomic E-state index is 14.9. The van der Waals surface area contributed by atoms with E-state index in [1.165, 1.54) is 12.1 Å². The highest BCUT2D eigenvalue weighted by molar-refractivity contribution is 5.90. The highest BCUT2D eigenvalue weighted by Gasteiger charge is 2.33. The Balaban J connectivity index is 1.35. The summed E-state index contributed by atoms with van der Waals surface area (Å²) in [6.45, 7) is 1.99. The average Bonchev–Trinajstić information content (AvgIpc) is 3.22. The van der Waals surface area contributed by atoms with Gasteiger partial charge < -0.3 is 4.90 Å². The predicted octanol–water partition coefficient (Wildman–Crippen LogP) is 13.6. The van der Waals surface area contributed by atoms with Crippen molar-refractivity contribution < 1.29 is 13.2 Å². The zero-order valence-corrected chi connectivity index (χ0v) is 29.4. The SMILES string of the molecule is Cc1cc(-c2cc(-c3ccccc3)ccn2)cc(N(c2cc(-c3cc(-c4ccccc4)ccn3)cc(C(F)(F)F)c2)c2ccccc2-c2ccccc2)c1. The monoisotopic (exact) mass is 709 g/mol. The lowest BCUT2D eigenvalue weighted by atomic mass is 9.98. The molecule has 0 spiro atoms. The van der Waals surface area contributed by atoms with Crippen molar-refractivity contribution in [3.63, 3.8) is 0 Å². The minimum atomic E-state index is -4.62. The number of hydrogen-bond donors (Lipinski definition) is 0. The third-order valence-electron chi connectivity index (χ3n) is 9.38. The number of anilines is 3. The number of aromatic nitrogens is 2. The molecule has 2 heterocycles. The molecule has 0 aliphatic heterocycles. The van der Waals surface area contributed by atoms with Crippen LogP contribution in [-0.4, -0.2) is 9.97 Å². The molecule has 8 rings (SSSR count). The number of alkyl halides is 3. The van der Waals surface area contributed by atoms with E-state index in [-0.39, 0.29) is 0 Å². The summed E-state index contributed by atoms with van der Waals surface area (Å²) in [5.41, 5.74) is 10.0. The van der Waals surface area contributed by atoms with Crippen molar-refractivity contribution >= 4 is 17.1 Å². The number of pyridine rings is 2. The first kappa shape index (κ1) is 34.3. The quantitative estimate of drug-likeness (QED) is 0.157. The van der Waals surface area contributed by atoms with Crippen LogP contribution in [0.3, 0.4) is 0 Å². The van der Waals surface area contributed by atoms with Gasteiger partial charge in [-0.2, -0.15) is 13.2 Å². The number of aryl methyl sites for hydroxylation is 1. The Bertz CT molecular complexity index is 2550. The Morgan fingerprint density at radius 3 is 1.46 bits per heavy atom. The van der Waals surface area contributed by atoms with E-state index in [0.717, 1.165) is 55.9 Å². The summed E-state index contributed by atoms with van der Waals surface area (Å²) in [5, 5.41) is 0. The van der Waals surface area contributed by atoms with Gasteiger partial charge in [0.1, 0.15) is 0 Å². The number of benzene rings is 6. The van der Waals surface area contributed by atoms with E-state index < -0.39 is 11.7 Å². The van der Waals surface area contributed by atoms with Gasteiger partial charge in [0, 0.05) is 40.5 Å². The second kappa shape index (κ2) is 14.7. The van der Waals surface area contributed by atoms with Crippen LogP contribution in [0, 0.1) is 6.92 Å². The first-order valence-electron chi connectivity index (χ1n) is 17.6. The van der Waals surface area contributed by atoms with Crippen molar-refractivity contribution in [3.05, 3.63) is 199 Å². The zero-order valence-electron chi connectivity index (χ0n) is 29.4. The van der Waals surface area contributed by atoms with Crippen LogP contribution in [0.5, 0.6) is 0 Å². The smallest absolute Gasteiger partial charge is 0.310 e. The lowest BCUT2D eigenvalue weighted by molar-refractivity contribution is -0.137. The molecule has 0 amide bonds. The largest absolute Gasteiger partial charge is 0.416 e. The van der Waals surface area contributed by atoms with Gasteiger partial charge in [-0.25, -0.2) is 0 Å². The molecule has 6 heteroatoms. The van der Waals surface area contributed by atoms with Crippen LogP contribution in [-0.2, 0) is 6.18 Å². The van der Waals surface area contributed by atoms with Crippen molar-refractivity contribution in [2.75, 3.05) is 4.90 Å². The fourth-order valence-electron chi connectivity index (χ4n) is 6.85. The molecule has 0 aliphatic carbocycles. The van der Waals surface area contributed by atoms with Gasteiger partial charge >= 0.3 is 6.18 Å². The third kappa shape index (κ3) is 7.28. The standard InChI is InChI=1S/C48H34F3N3/c1-33-25-39(45-30-37(21-23-52-45)34-13-5-2-6-14-34)28-42(26-33)54(47-20-12-11-19-44(47)36-17-9-4-10-18-36)43-29-40(27-41(32-43)48(49,50)51)46-31-38(22-24-53-46)35-15-7-3-8-16-35/h2-32H,1H3. The minimum Gasteiger partial charge on any atom is -0.310 e. The number of halogens is 3. The van der Waals surface area contributed by atoms with E-state index in [4.69, 9.17) is 4.98 Å². The van der Waals surface area contributed by atoms with E-state index in [0.29, 0.717) is 22.6 Å². The summed E-state index contributed by atoms with van der Waals surface area (Å²) in [4.78, 5) is 11.2. The molecule has 0 unspecified atom stereocenters. The Kier molecular flexibility index (Phi) is 9.33. The van der Waals surface area contributed by atoms with E-state index >= 15 is 0 Å². The van der Waals surface area contributed by atoms with E-state index in [2.05, 4.69) is 23.2 Å². The van der Waals surface area contributed by atoms with Crippen molar-refractivity contribution in [3.8, 4) is 55.9 Å². The minimum absolute atomic E-state index is 0.345. The van der Waals surface area contributed by atoms with Gasteiger partial charge in [0.25, 0.3) is 0 Å². The van der Waals surface area contributed by atoms with E-state index in [1.807, 2.05) is 151 Å². The van der Waals surface area contributed by atoms with Crippen LogP contribution >= 0.6 is 0 Å². The number of para-hydroxylation sites is 1. The average molecular weight is 710 g/mol. The van der Waals surface area contributed by atoms with Gasteiger partial charge in [-0.15, -0.1) is 0 Å². The van der Waals surface area contributed by atoms with E-state index in [9.17, 15) is 13.2 Å². The molecule has 0 N–H and O–H groups in total. The maximum Gasteiger partial charge on any atom is 0.416 e. The molecule has 54 heavy (non-hydrogen) atoms. The predicted molar refractivity (Wildman–Crippen MR) is 214 cm³/mol. The molecular weight excluding hydrogens is 676 g/mol. The molecule has 0 atom stereocenters. The summed E-state index contributed by atoms with van der Waals surface area (Å²) in [7, 11) is 0. The Morgan fingerprint density at radius 1 is 0.426 bits per heavy atom. The van der Waals surface area contributed by atoms with Crippen LogP contribution < -0.4 is 4.90 Å². The summed E-state index contributed by atoms with van der Waals surface area (Å²) in [6, 6.07) is 55.5. The molecule has 6 aromatic carbocycles. The Hall–Kier alpha value is -6.79. The van der Waals surface area contributed by atoms with Gasteiger partial charge in [0.05, 0.1) is 22.6 Å². The summed E-state index contributed by atoms with van der Waals surface area (Å²) in [5.74, 6) is 0. The first-order valence-corrected chi connectivity index (χ1v) is 17.6. The fourth-order valence-corrected chi connectivity index (χ4v) is 6.85. The topological polar surface area (TPSA) is 29.0 Å².